The first-order chi connectivity index (χ1) is 12.3. The number of aromatic nitrogens is 5. The molecule has 1 aliphatic carbocycles. The third-order valence-corrected chi connectivity index (χ3v) is 3.90. The average Bonchev–Trinajstić information content (AvgIpc) is 3.32. The van der Waals surface area contributed by atoms with Gasteiger partial charge in [0.15, 0.2) is 0 Å². The highest BCUT2D eigenvalue weighted by Crippen LogP contribution is 2.29. The normalized spacial score (nSPS) is 13.4. The summed E-state index contributed by atoms with van der Waals surface area (Å²) in [5.74, 6) is 0.903. The number of benzene rings is 1. The highest BCUT2D eigenvalue weighted by molar-refractivity contribution is 6.04. The van der Waals surface area contributed by atoms with Gasteiger partial charge >= 0.3 is 0 Å². The number of hydrogen-bond donors (Lipinski definition) is 1. The van der Waals surface area contributed by atoms with E-state index in [-0.39, 0.29) is 5.91 Å². The molecule has 0 atom stereocenters. The molecule has 0 unspecified atom stereocenters. The lowest BCUT2D eigenvalue weighted by Gasteiger charge is -2.08. The number of nitrogens with one attached hydrogen (secondary N) is 1. The summed E-state index contributed by atoms with van der Waals surface area (Å²) >= 11 is 0. The first kappa shape index (κ1) is 15.3. The number of hydrogen-bond acceptors (Lipinski definition) is 6. The van der Waals surface area contributed by atoms with Gasteiger partial charge in [-0.3, -0.25) is 4.79 Å². The summed E-state index contributed by atoms with van der Waals surface area (Å²) in [6, 6.07) is 10.6. The maximum absolute atomic E-state index is 12.4. The van der Waals surface area contributed by atoms with Crippen molar-refractivity contribution in [2.24, 2.45) is 5.92 Å². The zero-order valence-electron chi connectivity index (χ0n) is 13.4. The van der Waals surface area contributed by atoms with Crippen molar-refractivity contribution < 1.29 is 9.53 Å². The van der Waals surface area contributed by atoms with Crippen molar-refractivity contribution in [3.63, 3.8) is 0 Å². The molecule has 0 saturated heterocycles. The summed E-state index contributed by atoms with van der Waals surface area (Å²) < 4.78 is 7.16. The maximum atomic E-state index is 12.4. The van der Waals surface area contributed by atoms with E-state index in [1.54, 1.807) is 30.5 Å². The van der Waals surface area contributed by atoms with Crippen molar-refractivity contribution in [3.05, 3.63) is 54.5 Å². The number of carbonyl (C=O) groups excluding carboxylic acids is 1. The molecular formula is C17H16N6O2. The molecule has 8 nitrogen and oxygen atoms in total. The first-order valence-corrected chi connectivity index (χ1v) is 8.01. The molecule has 4 rings (SSSR count). The van der Waals surface area contributed by atoms with Gasteiger partial charge in [0.05, 0.1) is 12.3 Å². The molecule has 1 saturated carbocycles. The molecule has 0 aliphatic heterocycles. The number of carbonyl (C=O) groups is 1. The summed E-state index contributed by atoms with van der Waals surface area (Å²) in [6.45, 7) is 0.663. The van der Waals surface area contributed by atoms with Crippen molar-refractivity contribution in [2.75, 3.05) is 11.9 Å². The molecule has 1 N–H and O–H groups in total. The van der Waals surface area contributed by atoms with Crippen molar-refractivity contribution in [3.8, 4) is 11.6 Å². The second-order valence-corrected chi connectivity index (χ2v) is 5.89. The van der Waals surface area contributed by atoms with Crippen LogP contribution in [0.1, 0.15) is 23.2 Å². The molecule has 126 valence electrons. The van der Waals surface area contributed by atoms with E-state index in [0.29, 0.717) is 29.7 Å². The van der Waals surface area contributed by atoms with Gasteiger partial charge in [-0.25, -0.2) is 9.67 Å². The van der Waals surface area contributed by atoms with Gasteiger partial charge in [0.1, 0.15) is 6.33 Å². The van der Waals surface area contributed by atoms with E-state index in [0.717, 1.165) is 5.69 Å². The molecular weight excluding hydrogens is 320 g/mol. The molecule has 0 spiro atoms. The van der Waals surface area contributed by atoms with E-state index in [1.165, 1.54) is 23.9 Å². The quantitative estimate of drug-likeness (QED) is 0.741. The summed E-state index contributed by atoms with van der Waals surface area (Å²) in [4.78, 5) is 16.5. The van der Waals surface area contributed by atoms with E-state index in [1.807, 2.05) is 12.1 Å². The van der Waals surface area contributed by atoms with Gasteiger partial charge in [-0.2, -0.15) is 0 Å². The Morgan fingerprint density at radius 2 is 2.08 bits per heavy atom. The number of rotatable bonds is 6. The number of tetrazole rings is 1. The lowest BCUT2D eigenvalue weighted by atomic mass is 10.2. The van der Waals surface area contributed by atoms with Crippen molar-refractivity contribution in [1.29, 1.82) is 0 Å². The fourth-order valence-corrected chi connectivity index (χ4v) is 2.30. The Morgan fingerprint density at radius 3 is 2.80 bits per heavy atom. The van der Waals surface area contributed by atoms with Gasteiger partial charge in [0, 0.05) is 23.5 Å². The van der Waals surface area contributed by atoms with Crippen LogP contribution in [-0.2, 0) is 0 Å². The average molecular weight is 336 g/mol. The fraction of sp³-hybridized carbons (Fsp3) is 0.235. The second-order valence-electron chi connectivity index (χ2n) is 5.89. The third kappa shape index (κ3) is 3.79. The zero-order valence-corrected chi connectivity index (χ0v) is 13.4. The number of anilines is 1. The maximum Gasteiger partial charge on any atom is 0.255 e. The minimum Gasteiger partial charge on any atom is -0.477 e. The summed E-state index contributed by atoms with van der Waals surface area (Å²) in [7, 11) is 0. The summed E-state index contributed by atoms with van der Waals surface area (Å²) in [6.07, 6.45) is 5.51. The van der Waals surface area contributed by atoms with Crippen LogP contribution in [0, 0.1) is 5.92 Å². The number of nitrogens with zero attached hydrogens (tertiary/aromatic N) is 5. The number of amides is 1. The van der Waals surface area contributed by atoms with Crippen LogP contribution in [0.2, 0.25) is 0 Å². The molecule has 3 aromatic rings. The smallest absolute Gasteiger partial charge is 0.255 e. The van der Waals surface area contributed by atoms with Crippen LogP contribution in [0.3, 0.4) is 0 Å². The number of pyridine rings is 1. The Hall–Kier alpha value is -3.29. The monoisotopic (exact) mass is 336 g/mol. The van der Waals surface area contributed by atoms with Gasteiger partial charge in [-0.05, 0) is 59.5 Å². The standard InChI is InChI=1S/C17H16N6O2/c24-17(13-7-8-18-16(9-13)25-10-12-1-2-12)20-14-3-5-15(6-4-14)23-11-19-21-22-23/h3-9,11-12H,1-2,10H2,(H,20,24). The van der Waals surface area contributed by atoms with Crippen LogP contribution in [0.5, 0.6) is 5.88 Å². The molecule has 1 aliphatic rings. The Bertz CT molecular complexity index is 859. The van der Waals surface area contributed by atoms with Gasteiger partial charge < -0.3 is 10.1 Å². The number of ether oxygens (including phenoxy) is 1. The van der Waals surface area contributed by atoms with Crippen LogP contribution < -0.4 is 10.1 Å². The molecule has 1 fully saturated rings. The van der Waals surface area contributed by atoms with E-state index in [9.17, 15) is 4.79 Å². The molecule has 8 heteroatoms. The Balaban J connectivity index is 1.41. The van der Waals surface area contributed by atoms with Gasteiger partial charge in [-0.1, -0.05) is 0 Å². The summed E-state index contributed by atoms with van der Waals surface area (Å²) in [5, 5.41) is 13.9. The Kier molecular flexibility index (Phi) is 4.07. The largest absolute Gasteiger partial charge is 0.477 e. The van der Waals surface area contributed by atoms with Crippen molar-refractivity contribution in [1.82, 2.24) is 25.2 Å². The van der Waals surface area contributed by atoms with E-state index >= 15 is 0 Å². The molecule has 2 heterocycles. The Labute approximate surface area is 143 Å². The molecule has 1 aromatic carbocycles. The van der Waals surface area contributed by atoms with Crippen LogP contribution in [-0.4, -0.2) is 37.7 Å². The Morgan fingerprint density at radius 1 is 1.24 bits per heavy atom. The molecule has 2 aromatic heterocycles. The second kappa shape index (κ2) is 6.68. The van der Waals surface area contributed by atoms with Crippen LogP contribution >= 0.6 is 0 Å². The van der Waals surface area contributed by atoms with Crippen molar-refractivity contribution in [2.45, 2.75) is 12.8 Å². The first-order valence-electron chi connectivity index (χ1n) is 8.01. The lowest BCUT2D eigenvalue weighted by molar-refractivity contribution is 0.102. The van der Waals surface area contributed by atoms with E-state index in [4.69, 9.17) is 4.74 Å². The molecule has 1 amide bonds. The van der Waals surface area contributed by atoms with E-state index < -0.39 is 0 Å². The highest BCUT2D eigenvalue weighted by atomic mass is 16.5. The van der Waals surface area contributed by atoms with Gasteiger partial charge in [0.25, 0.3) is 5.91 Å². The van der Waals surface area contributed by atoms with Gasteiger partial charge in [0.2, 0.25) is 5.88 Å². The van der Waals surface area contributed by atoms with Gasteiger partial charge in [-0.15, -0.1) is 5.10 Å². The van der Waals surface area contributed by atoms with Crippen LogP contribution in [0.15, 0.2) is 48.9 Å². The van der Waals surface area contributed by atoms with Crippen LogP contribution in [0.25, 0.3) is 5.69 Å². The third-order valence-electron chi connectivity index (χ3n) is 3.90. The predicted octanol–water partition coefficient (Wildman–Crippen LogP) is 2.10. The van der Waals surface area contributed by atoms with Crippen molar-refractivity contribution >= 4 is 11.6 Å². The summed E-state index contributed by atoms with van der Waals surface area (Å²) in [5.41, 5.74) is 1.99. The predicted molar refractivity (Wildman–Crippen MR) is 89.6 cm³/mol. The SMILES string of the molecule is O=C(Nc1ccc(-n2cnnn2)cc1)c1ccnc(OCC2CC2)c1. The minimum atomic E-state index is -0.214. The highest BCUT2D eigenvalue weighted by Gasteiger charge is 2.22. The topological polar surface area (TPSA) is 94.8 Å². The fourth-order valence-electron chi connectivity index (χ4n) is 2.30. The van der Waals surface area contributed by atoms with E-state index in [2.05, 4.69) is 25.8 Å². The molecule has 25 heavy (non-hydrogen) atoms. The lowest BCUT2D eigenvalue weighted by Crippen LogP contribution is -2.12. The zero-order chi connectivity index (χ0) is 17.1. The molecule has 0 radical (unpaired) electrons. The minimum absolute atomic E-state index is 0.214. The van der Waals surface area contributed by atoms with Crippen LogP contribution in [0.4, 0.5) is 5.69 Å². The molecule has 0 bridgehead atoms.